The number of para-hydroxylation sites is 1. The number of piperidine rings is 1. The molecule has 0 bridgehead atoms. The minimum Gasteiger partial charge on any atom is -0.472 e. The molecule has 0 unspecified atom stereocenters. The molecule has 1 amide bonds. The molecule has 1 aliphatic rings. The molecule has 8 nitrogen and oxygen atoms in total. The fourth-order valence-corrected chi connectivity index (χ4v) is 3.75. The first kappa shape index (κ1) is 20.0. The Morgan fingerprint density at radius 1 is 1.13 bits per heavy atom. The van der Waals surface area contributed by atoms with E-state index in [4.69, 9.17) is 4.74 Å². The lowest BCUT2D eigenvalue weighted by Gasteiger charge is -2.38. The molecule has 0 radical (unpaired) electrons. The number of amides is 1. The maximum absolute atomic E-state index is 13.4. The Hall–Kier alpha value is -3.26. The Morgan fingerprint density at radius 2 is 1.90 bits per heavy atom. The summed E-state index contributed by atoms with van der Waals surface area (Å²) < 4.78 is 6.12. The van der Waals surface area contributed by atoms with Crippen molar-refractivity contribution in [3.05, 3.63) is 66.1 Å². The van der Waals surface area contributed by atoms with Crippen LogP contribution in [0.4, 0.5) is 0 Å². The van der Waals surface area contributed by atoms with Crippen LogP contribution in [0.1, 0.15) is 48.7 Å². The van der Waals surface area contributed by atoms with Crippen LogP contribution in [0.5, 0.6) is 5.88 Å². The molecule has 3 aromatic rings. The zero-order valence-electron chi connectivity index (χ0n) is 17.0. The van der Waals surface area contributed by atoms with E-state index in [2.05, 4.69) is 15.2 Å². The molecule has 1 saturated heterocycles. The van der Waals surface area contributed by atoms with E-state index in [0.29, 0.717) is 29.2 Å². The van der Waals surface area contributed by atoms with E-state index in [1.165, 1.54) is 4.80 Å². The molecule has 3 heterocycles. The molecule has 1 fully saturated rings. The first-order chi connectivity index (χ1) is 14.5. The Morgan fingerprint density at radius 3 is 2.67 bits per heavy atom. The smallest absolute Gasteiger partial charge is 0.256 e. The highest BCUT2D eigenvalue weighted by Gasteiger charge is 2.32. The van der Waals surface area contributed by atoms with Crippen molar-refractivity contribution in [1.29, 1.82) is 0 Å². The van der Waals surface area contributed by atoms with Gasteiger partial charge in [-0.15, -0.1) is 0 Å². The van der Waals surface area contributed by atoms with Crippen LogP contribution in [-0.4, -0.2) is 54.6 Å². The van der Waals surface area contributed by atoms with Gasteiger partial charge >= 0.3 is 0 Å². The molecule has 3 atom stereocenters. The van der Waals surface area contributed by atoms with E-state index in [1.54, 1.807) is 43.7 Å². The van der Waals surface area contributed by atoms with Crippen molar-refractivity contribution < 1.29 is 14.6 Å². The predicted octanol–water partition coefficient (Wildman–Crippen LogP) is 2.79. The van der Waals surface area contributed by atoms with Crippen LogP contribution in [-0.2, 0) is 0 Å². The van der Waals surface area contributed by atoms with Crippen molar-refractivity contribution in [2.24, 2.45) is 0 Å². The van der Waals surface area contributed by atoms with E-state index in [-0.39, 0.29) is 18.1 Å². The summed E-state index contributed by atoms with van der Waals surface area (Å²) >= 11 is 0. The van der Waals surface area contributed by atoms with Gasteiger partial charge in [-0.1, -0.05) is 12.1 Å². The quantitative estimate of drug-likeness (QED) is 0.699. The van der Waals surface area contributed by atoms with Crippen LogP contribution in [0.2, 0.25) is 0 Å². The molecule has 4 rings (SSSR count). The number of likely N-dealkylation sites (tertiary alicyclic amines) is 1. The number of aliphatic hydroxyl groups excluding tert-OH is 1. The number of carbonyl (C=O) groups excluding carboxylic acids is 1. The largest absolute Gasteiger partial charge is 0.472 e. The SMILES string of the molecule is C[C@@H]1CC[C@@H](Oc2ncccc2[C@@H](C)O)CN1C(=O)c1ccccc1-n1nccn1. The number of aliphatic hydroxyl groups is 1. The number of hydrogen-bond donors (Lipinski definition) is 1. The van der Waals surface area contributed by atoms with Crippen LogP contribution in [0.3, 0.4) is 0 Å². The normalized spacial score (nSPS) is 20.0. The van der Waals surface area contributed by atoms with E-state index in [0.717, 1.165) is 12.8 Å². The monoisotopic (exact) mass is 407 g/mol. The second kappa shape index (κ2) is 8.62. The number of pyridine rings is 1. The second-order valence-corrected chi connectivity index (χ2v) is 7.53. The van der Waals surface area contributed by atoms with E-state index in [9.17, 15) is 9.90 Å². The Labute approximate surface area is 175 Å². The van der Waals surface area contributed by atoms with Crippen molar-refractivity contribution in [3.8, 4) is 11.6 Å². The number of rotatable bonds is 5. The average molecular weight is 407 g/mol. The van der Waals surface area contributed by atoms with Gasteiger partial charge < -0.3 is 14.7 Å². The first-order valence-electron chi connectivity index (χ1n) is 10.1. The van der Waals surface area contributed by atoms with E-state index < -0.39 is 6.10 Å². The predicted molar refractivity (Wildman–Crippen MR) is 110 cm³/mol. The van der Waals surface area contributed by atoms with E-state index >= 15 is 0 Å². The minimum absolute atomic E-state index is 0.0796. The van der Waals surface area contributed by atoms with Crippen molar-refractivity contribution in [2.45, 2.75) is 44.9 Å². The van der Waals surface area contributed by atoms with E-state index in [1.807, 2.05) is 30.0 Å². The van der Waals surface area contributed by atoms with Crippen molar-refractivity contribution in [2.75, 3.05) is 6.54 Å². The fraction of sp³-hybridized carbons (Fsp3) is 0.364. The van der Waals surface area contributed by atoms with Gasteiger partial charge in [0.05, 0.1) is 36.3 Å². The number of nitrogens with zero attached hydrogens (tertiary/aromatic N) is 5. The van der Waals surface area contributed by atoms with Crippen LogP contribution >= 0.6 is 0 Å². The van der Waals surface area contributed by atoms with Gasteiger partial charge in [0, 0.05) is 17.8 Å². The lowest BCUT2D eigenvalue weighted by molar-refractivity contribution is 0.0362. The van der Waals surface area contributed by atoms with Gasteiger partial charge in [-0.3, -0.25) is 4.79 Å². The number of aromatic nitrogens is 4. The molecule has 0 spiro atoms. The third-order valence-corrected chi connectivity index (χ3v) is 5.40. The summed E-state index contributed by atoms with van der Waals surface area (Å²) in [6, 6.07) is 11.0. The number of hydrogen-bond acceptors (Lipinski definition) is 6. The molecule has 8 heteroatoms. The second-order valence-electron chi connectivity index (χ2n) is 7.53. The van der Waals surface area contributed by atoms with Gasteiger partial charge in [0.2, 0.25) is 5.88 Å². The molecule has 1 N–H and O–H groups in total. The van der Waals surface area contributed by atoms with Crippen LogP contribution in [0.25, 0.3) is 5.69 Å². The Kier molecular flexibility index (Phi) is 5.76. The number of carbonyl (C=O) groups is 1. The molecular formula is C22H25N5O3. The van der Waals surface area contributed by atoms with Crippen molar-refractivity contribution in [3.63, 3.8) is 0 Å². The molecule has 156 valence electrons. The molecule has 30 heavy (non-hydrogen) atoms. The summed E-state index contributed by atoms with van der Waals surface area (Å²) in [6.07, 6.45) is 5.55. The van der Waals surface area contributed by atoms with Crippen LogP contribution in [0, 0.1) is 0 Å². The average Bonchev–Trinajstić information content (AvgIpc) is 3.30. The minimum atomic E-state index is -0.678. The van der Waals surface area contributed by atoms with Crippen molar-refractivity contribution in [1.82, 2.24) is 24.9 Å². The maximum atomic E-state index is 13.4. The Bertz CT molecular complexity index is 1010. The highest BCUT2D eigenvalue weighted by molar-refractivity contribution is 5.98. The summed E-state index contributed by atoms with van der Waals surface area (Å²) in [5, 5.41) is 18.3. The van der Waals surface area contributed by atoms with Gasteiger partial charge in [-0.25, -0.2) is 4.98 Å². The summed E-state index contributed by atoms with van der Waals surface area (Å²) in [5.41, 5.74) is 1.83. The third kappa shape index (κ3) is 4.04. The lowest BCUT2D eigenvalue weighted by Crippen LogP contribution is -2.49. The van der Waals surface area contributed by atoms with Gasteiger partial charge in [0.15, 0.2) is 0 Å². The van der Waals surface area contributed by atoms with Gasteiger partial charge in [-0.05, 0) is 51.0 Å². The topological polar surface area (TPSA) is 93.4 Å². The highest BCUT2D eigenvalue weighted by atomic mass is 16.5. The zero-order chi connectivity index (χ0) is 21.1. The molecular weight excluding hydrogens is 382 g/mol. The van der Waals surface area contributed by atoms with Gasteiger partial charge in [0.25, 0.3) is 5.91 Å². The summed E-state index contributed by atoms with van der Waals surface area (Å²) in [5.74, 6) is 0.334. The molecule has 2 aromatic heterocycles. The molecule has 0 saturated carbocycles. The molecule has 1 aliphatic heterocycles. The highest BCUT2D eigenvalue weighted by Crippen LogP contribution is 2.28. The number of benzene rings is 1. The zero-order valence-corrected chi connectivity index (χ0v) is 17.0. The summed E-state index contributed by atoms with van der Waals surface area (Å²) in [7, 11) is 0. The van der Waals surface area contributed by atoms with Crippen LogP contribution < -0.4 is 4.74 Å². The maximum Gasteiger partial charge on any atom is 0.256 e. The summed E-state index contributed by atoms with van der Waals surface area (Å²) in [4.78, 5) is 21.0. The van der Waals surface area contributed by atoms with Crippen molar-refractivity contribution >= 4 is 5.91 Å². The van der Waals surface area contributed by atoms with Gasteiger partial charge in [-0.2, -0.15) is 15.0 Å². The standard InChI is InChI=1S/C22H25N5O3/c1-15-9-10-17(30-21-18(16(2)28)7-5-11-23-21)14-26(15)22(29)19-6-3-4-8-20(19)27-24-12-13-25-27/h3-8,11-13,15-17,28H,9-10,14H2,1-2H3/t15-,16-,17-/m1/s1. The lowest BCUT2D eigenvalue weighted by atomic mass is 9.99. The molecule has 1 aromatic carbocycles. The third-order valence-electron chi connectivity index (χ3n) is 5.40. The Balaban J connectivity index is 1.56. The summed E-state index contributed by atoms with van der Waals surface area (Å²) in [6.45, 7) is 4.17. The van der Waals surface area contributed by atoms with Crippen LogP contribution in [0.15, 0.2) is 55.0 Å². The molecule has 0 aliphatic carbocycles. The van der Waals surface area contributed by atoms with Gasteiger partial charge in [0.1, 0.15) is 6.10 Å². The first-order valence-corrected chi connectivity index (χ1v) is 10.1. The number of ether oxygens (including phenoxy) is 1. The fourth-order valence-electron chi connectivity index (χ4n) is 3.75.